The van der Waals surface area contributed by atoms with Crippen molar-refractivity contribution in [3.8, 4) is 0 Å². The van der Waals surface area contributed by atoms with E-state index in [0.717, 1.165) is 29.5 Å². The van der Waals surface area contributed by atoms with Crippen molar-refractivity contribution >= 4 is 11.9 Å². The van der Waals surface area contributed by atoms with Gasteiger partial charge in [-0.2, -0.15) is 0 Å². The third-order valence-electron chi connectivity index (χ3n) is 4.84. The first-order valence-corrected chi connectivity index (χ1v) is 8.55. The van der Waals surface area contributed by atoms with Gasteiger partial charge in [-0.3, -0.25) is 4.79 Å². The largest absolute Gasteiger partial charge is 0.463 e. The summed E-state index contributed by atoms with van der Waals surface area (Å²) < 4.78 is 10.2. The number of amides is 1. The second-order valence-electron chi connectivity index (χ2n) is 6.52. The van der Waals surface area contributed by atoms with E-state index in [9.17, 15) is 9.59 Å². The maximum Gasteiger partial charge on any atom is 0.373 e. The second-order valence-corrected chi connectivity index (χ2v) is 6.52. The van der Waals surface area contributed by atoms with Gasteiger partial charge in [-0.25, -0.2) is 4.79 Å². The van der Waals surface area contributed by atoms with Crippen LogP contribution in [0.25, 0.3) is 0 Å². The fourth-order valence-corrected chi connectivity index (χ4v) is 3.13. The van der Waals surface area contributed by atoms with E-state index in [1.54, 1.807) is 12.1 Å². The molecule has 1 saturated carbocycles. The summed E-state index contributed by atoms with van der Waals surface area (Å²) in [7, 11) is 1.33. The topological polar surface area (TPSA) is 68.5 Å². The highest BCUT2D eigenvalue weighted by atomic mass is 16.5. The first kappa shape index (κ1) is 17.3. The molecule has 1 heterocycles. The standard InChI is InChI=1S/C20H23NO4/c1-4-21-19(23)20(9-10-20)15-6-5-13(2)14(11-15)12-16-7-8-17(25-16)18(22)24-3/h5-8,11H,4,9-10,12H2,1-3H3,(H,21,23). The normalized spacial score (nSPS) is 14.8. The fourth-order valence-electron chi connectivity index (χ4n) is 3.13. The van der Waals surface area contributed by atoms with Crippen LogP contribution >= 0.6 is 0 Å². The van der Waals surface area contributed by atoms with Crippen molar-refractivity contribution in [2.45, 2.75) is 38.5 Å². The Bertz CT molecular complexity index is 802. The first-order valence-electron chi connectivity index (χ1n) is 8.55. The highest BCUT2D eigenvalue weighted by molar-refractivity contribution is 5.91. The first-order chi connectivity index (χ1) is 12.0. The van der Waals surface area contributed by atoms with Crippen molar-refractivity contribution in [2.75, 3.05) is 13.7 Å². The van der Waals surface area contributed by atoms with Crippen LogP contribution in [-0.4, -0.2) is 25.5 Å². The van der Waals surface area contributed by atoms with Crippen LogP contribution in [0.1, 0.15) is 52.8 Å². The third-order valence-corrected chi connectivity index (χ3v) is 4.84. The number of esters is 1. The smallest absolute Gasteiger partial charge is 0.373 e. The number of carbonyl (C=O) groups is 2. The van der Waals surface area contributed by atoms with Crippen molar-refractivity contribution in [1.82, 2.24) is 5.32 Å². The van der Waals surface area contributed by atoms with Gasteiger partial charge >= 0.3 is 5.97 Å². The highest BCUT2D eigenvalue weighted by Gasteiger charge is 2.51. The number of furan rings is 1. The Balaban J connectivity index is 1.84. The number of methoxy groups -OCH3 is 1. The zero-order valence-corrected chi connectivity index (χ0v) is 14.8. The lowest BCUT2D eigenvalue weighted by molar-refractivity contribution is -0.123. The molecule has 3 rings (SSSR count). The average molecular weight is 341 g/mol. The van der Waals surface area contributed by atoms with Crippen molar-refractivity contribution in [3.63, 3.8) is 0 Å². The van der Waals surface area contributed by atoms with E-state index in [0.29, 0.717) is 18.7 Å². The van der Waals surface area contributed by atoms with Gasteiger partial charge in [-0.05, 0) is 55.5 Å². The molecule has 0 atom stereocenters. The maximum atomic E-state index is 12.4. The maximum absolute atomic E-state index is 12.4. The molecule has 1 aliphatic rings. The number of ether oxygens (including phenoxy) is 1. The summed E-state index contributed by atoms with van der Waals surface area (Å²) in [6.45, 7) is 4.61. The Morgan fingerprint density at radius 2 is 2.00 bits per heavy atom. The predicted octanol–water partition coefficient (Wildman–Crippen LogP) is 3.13. The number of hydrogen-bond donors (Lipinski definition) is 1. The van der Waals surface area contributed by atoms with Gasteiger partial charge in [0.25, 0.3) is 0 Å². The van der Waals surface area contributed by atoms with E-state index >= 15 is 0 Å². The quantitative estimate of drug-likeness (QED) is 0.820. The molecule has 1 aliphatic carbocycles. The lowest BCUT2D eigenvalue weighted by Crippen LogP contribution is -2.34. The summed E-state index contributed by atoms with van der Waals surface area (Å²) >= 11 is 0. The minimum absolute atomic E-state index is 0.107. The molecule has 0 radical (unpaired) electrons. The van der Waals surface area contributed by atoms with Crippen LogP contribution in [0.4, 0.5) is 0 Å². The lowest BCUT2D eigenvalue weighted by atomic mass is 9.90. The van der Waals surface area contributed by atoms with Gasteiger partial charge in [-0.1, -0.05) is 18.2 Å². The van der Waals surface area contributed by atoms with Crippen LogP contribution in [0, 0.1) is 6.92 Å². The SMILES string of the molecule is CCNC(=O)C1(c2ccc(C)c(Cc3ccc(C(=O)OC)o3)c2)CC1. The lowest BCUT2D eigenvalue weighted by Gasteiger charge is -2.17. The summed E-state index contributed by atoms with van der Waals surface area (Å²) in [6, 6.07) is 9.60. The highest BCUT2D eigenvalue weighted by Crippen LogP contribution is 2.48. The Morgan fingerprint density at radius 3 is 2.64 bits per heavy atom. The van der Waals surface area contributed by atoms with E-state index in [1.807, 2.05) is 26.0 Å². The Labute approximate surface area is 147 Å². The molecule has 1 fully saturated rings. The van der Waals surface area contributed by atoms with Crippen LogP contribution in [0.3, 0.4) is 0 Å². The van der Waals surface area contributed by atoms with E-state index in [4.69, 9.17) is 4.42 Å². The van der Waals surface area contributed by atoms with Gasteiger partial charge < -0.3 is 14.5 Å². The van der Waals surface area contributed by atoms with Gasteiger partial charge in [0.2, 0.25) is 11.7 Å². The van der Waals surface area contributed by atoms with Crippen molar-refractivity contribution < 1.29 is 18.7 Å². The summed E-state index contributed by atoms with van der Waals surface area (Å²) in [6.07, 6.45) is 2.34. The molecular formula is C20H23NO4. The Morgan fingerprint density at radius 1 is 1.24 bits per heavy atom. The molecule has 1 aromatic heterocycles. The summed E-state index contributed by atoms with van der Waals surface area (Å²) in [5.74, 6) is 0.525. The van der Waals surface area contributed by atoms with Crippen molar-refractivity contribution in [1.29, 1.82) is 0 Å². The zero-order chi connectivity index (χ0) is 18.0. The minimum Gasteiger partial charge on any atom is -0.463 e. The van der Waals surface area contributed by atoms with E-state index in [2.05, 4.69) is 16.1 Å². The number of hydrogen-bond acceptors (Lipinski definition) is 4. The van der Waals surface area contributed by atoms with Gasteiger partial charge in [0.15, 0.2) is 0 Å². The van der Waals surface area contributed by atoms with Gasteiger partial charge in [0, 0.05) is 13.0 Å². The summed E-state index contributed by atoms with van der Waals surface area (Å²) in [4.78, 5) is 23.9. The molecular weight excluding hydrogens is 318 g/mol. The van der Waals surface area contributed by atoms with E-state index in [1.165, 1.54) is 7.11 Å². The minimum atomic E-state index is -0.482. The van der Waals surface area contributed by atoms with Crippen LogP contribution in [0.5, 0.6) is 0 Å². The monoisotopic (exact) mass is 341 g/mol. The average Bonchev–Trinajstić information content (AvgIpc) is 3.29. The van der Waals surface area contributed by atoms with E-state index < -0.39 is 5.97 Å². The number of nitrogens with one attached hydrogen (secondary N) is 1. The van der Waals surface area contributed by atoms with Crippen LogP contribution in [0.15, 0.2) is 34.7 Å². The number of rotatable bonds is 6. The zero-order valence-electron chi connectivity index (χ0n) is 14.8. The molecule has 25 heavy (non-hydrogen) atoms. The fraction of sp³-hybridized carbons (Fsp3) is 0.400. The molecule has 132 valence electrons. The third kappa shape index (κ3) is 3.31. The van der Waals surface area contributed by atoms with Gasteiger partial charge in [0.1, 0.15) is 5.76 Å². The van der Waals surface area contributed by atoms with Crippen LogP contribution in [0.2, 0.25) is 0 Å². The molecule has 0 aliphatic heterocycles. The van der Waals surface area contributed by atoms with Crippen LogP contribution < -0.4 is 5.32 Å². The van der Waals surface area contributed by atoms with Crippen molar-refractivity contribution in [3.05, 3.63) is 58.5 Å². The van der Waals surface area contributed by atoms with Crippen molar-refractivity contribution in [2.24, 2.45) is 0 Å². The number of benzene rings is 1. The summed E-state index contributed by atoms with van der Waals surface area (Å²) in [5.41, 5.74) is 2.91. The second kappa shape index (κ2) is 6.75. The molecule has 0 spiro atoms. The Hall–Kier alpha value is -2.56. The predicted molar refractivity (Wildman–Crippen MR) is 93.6 cm³/mol. The van der Waals surface area contributed by atoms with E-state index in [-0.39, 0.29) is 17.1 Å². The van der Waals surface area contributed by atoms with Gasteiger partial charge in [0.05, 0.1) is 12.5 Å². The molecule has 0 unspecified atom stereocenters. The number of carbonyl (C=O) groups excluding carboxylic acids is 2. The van der Waals surface area contributed by atoms with Crippen LogP contribution in [-0.2, 0) is 21.4 Å². The molecule has 0 saturated heterocycles. The molecule has 1 amide bonds. The molecule has 1 aromatic carbocycles. The molecule has 5 heteroatoms. The molecule has 2 aromatic rings. The molecule has 1 N–H and O–H groups in total. The number of likely N-dealkylation sites (N-methyl/N-ethyl adjacent to an activating group) is 1. The molecule has 0 bridgehead atoms. The molecule has 5 nitrogen and oxygen atoms in total. The Kier molecular flexibility index (Phi) is 4.66. The van der Waals surface area contributed by atoms with Gasteiger partial charge in [-0.15, -0.1) is 0 Å². The summed E-state index contributed by atoms with van der Waals surface area (Å²) in [5, 5.41) is 2.94. The number of aryl methyl sites for hydroxylation is 1.